The van der Waals surface area contributed by atoms with Gasteiger partial charge in [-0.2, -0.15) is 0 Å². The largest absolute Gasteiger partial charge is 0.452 e. The molecule has 0 aliphatic rings. The fourth-order valence-electron chi connectivity index (χ4n) is 2.77. The van der Waals surface area contributed by atoms with Crippen LogP contribution >= 0.6 is 0 Å². The average molecular weight is 405 g/mol. The predicted octanol–water partition coefficient (Wildman–Crippen LogP) is 3.86. The van der Waals surface area contributed by atoms with Crippen molar-refractivity contribution < 1.29 is 19.1 Å². The Balaban J connectivity index is 1.65. The molecule has 0 N–H and O–H groups in total. The fourth-order valence-corrected chi connectivity index (χ4v) is 2.77. The van der Waals surface area contributed by atoms with E-state index in [1.165, 1.54) is 18.5 Å². The summed E-state index contributed by atoms with van der Waals surface area (Å²) in [6.45, 7) is 3.91. The van der Waals surface area contributed by atoms with Crippen LogP contribution in [0.1, 0.15) is 29.8 Å². The molecule has 30 heavy (non-hydrogen) atoms. The Morgan fingerprint density at radius 1 is 1.00 bits per heavy atom. The second-order valence-electron chi connectivity index (χ2n) is 6.82. The highest BCUT2D eigenvalue weighted by Gasteiger charge is 2.21. The molecule has 0 fully saturated rings. The third-order valence-corrected chi connectivity index (χ3v) is 4.31. The lowest BCUT2D eigenvalue weighted by molar-refractivity contribution is -0.136. The molecule has 1 aromatic carbocycles. The molecule has 0 saturated heterocycles. The van der Waals surface area contributed by atoms with Crippen LogP contribution in [0.3, 0.4) is 0 Å². The number of hydrogen-bond donors (Lipinski definition) is 0. The third kappa shape index (κ3) is 5.64. The van der Waals surface area contributed by atoms with Crippen LogP contribution < -0.4 is 4.74 Å². The molecule has 7 heteroatoms. The number of carbonyl (C=O) groups is 2. The lowest BCUT2D eigenvalue weighted by Crippen LogP contribution is -2.39. The minimum absolute atomic E-state index is 0.0423. The minimum atomic E-state index is -0.682. The molecule has 2 heterocycles. The fraction of sp³-hybridized carbons (Fsp3) is 0.217. The minimum Gasteiger partial charge on any atom is -0.452 e. The van der Waals surface area contributed by atoms with Gasteiger partial charge in [0.05, 0.1) is 6.20 Å². The molecule has 7 nitrogen and oxygen atoms in total. The molecule has 0 spiro atoms. The summed E-state index contributed by atoms with van der Waals surface area (Å²) in [5.74, 6) is -0.428. The Bertz CT molecular complexity index is 978. The zero-order valence-electron chi connectivity index (χ0n) is 16.9. The summed E-state index contributed by atoms with van der Waals surface area (Å²) < 4.78 is 10.9. The molecule has 0 unspecified atom stereocenters. The summed E-state index contributed by atoms with van der Waals surface area (Å²) in [5, 5.41) is 0. The van der Waals surface area contributed by atoms with Crippen molar-refractivity contribution in [3.63, 3.8) is 0 Å². The standard InChI is InChI=1S/C23H23N3O4/c1-17(2)26(15-18-8-4-3-5-9-18)21(27)16-29-23(28)20-11-7-13-25-22(20)30-19-10-6-12-24-14-19/h3-14,17H,15-16H2,1-2H3. The zero-order chi connectivity index (χ0) is 21.3. The van der Waals surface area contributed by atoms with Crippen LogP contribution in [-0.4, -0.2) is 39.4 Å². The van der Waals surface area contributed by atoms with E-state index in [1.54, 1.807) is 29.3 Å². The van der Waals surface area contributed by atoms with Crippen LogP contribution in [0.25, 0.3) is 0 Å². The number of rotatable bonds is 8. The number of ether oxygens (including phenoxy) is 2. The molecule has 0 radical (unpaired) electrons. The Hall–Kier alpha value is -3.74. The van der Waals surface area contributed by atoms with Crippen LogP contribution in [0.5, 0.6) is 11.6 Å². The van der Waals surface area contributed by atoms with Gasteiger partial charge in [0.15, 0.2) is 6.61 Å². The number of pyridine rings is 2. The van der Waals surface area contributed by atoms with Crippen LogP contribution in [0.4, 0.5) is 0 Å². The first-order valence-electron chi connectivity index (χ1n) is 9.58. The molecule has 154 valence electrons. The van der Waals surface area contributed by atoms with E-state index in [-0.39, 0.29) is 30.0 Å². The van der Waals surface area contributed by atoms with Gasteiger partial charge in [-0.3, -0.25) is 9.78 Å². The van der Waals surface area contributed by atoms with E-state index in [2.05, 4.69) is 9.97 Å². The number of esters is 1. The van der Waals surface area contributed by atoms with E-state index in [4.69, 9.17) is 9.47 Å². The van der Waals surface area contributed by atoms with E-state index in [0.29, 0.717) is 12.3 Å². The molecule has 0 saturated carbocycles. The van der Waals surface area contributed by atoms with Crippen LogP contribution in [0.15, 0.2) is 73.2 Å². The van der Waals surface area contributed by atoms with Crippen molar-refractivity contribution in [2.75, 3.05) is 6.61 Å². The number of amides is 1. The summed E-state index contributed by atoms with van der Waals surface area (Å²) >= 11 is 0. The second-order valence-corrected chi connectivity index (χ2v) is 6.82. The van der Waals surface area contributed by atoms with Gasteiger partial charge < -0.3 is 14.4 Å². The Morgan fingerprint density at radius 2 is 1.77 bits per heavy atom. The van der Waals surface area contributed by atoms with Gasteiger partial charge in [-0.15, -0.1) is 0 Å². The number of benzene rings is 1. The molecule has 0 aliphatic heterocycles. The summed E-state index contributed by atoms with van der Waals surface area (Å²) in [6, 6.07) is 16.2. The highest BCUT2D eigenvalue weighted by molar-refractivity contribution is 5.93. The number of carbonyl (C=O) groups excluding carboxylic acids is 2. The third-order valence-electron chi connectivity index (χ3n) is 4.31. The van der Waals surface area contributed by atoms with Crippen molar-refractivity contribution in [3.05, 3.63) is 84.3 Å². The van der Waals surface area contributed by atoms with E-state index in [9.17, 15) is 9.59 Å². The van der Waals surface area contributed by atoms with Gasteiger partial charge in [0.25, 0.3) is 5.91 Å². The molecule has 0 atom stereocenters. The van der Waals surface area contributed by atoms with Crippen LogP contribution in [0, 0.1) is 0 Å². The van der Waals surface area contributed by atoms with Gasteiger partial charge in [-0.25, -0.2) is 9.78 Å². The van der Waals surface area contributed by atoms with Gasteiger partial charge in [0, 0.05) is 25.0 Å². The van der Waals surface area contributed by atoms with Gasteiger partial charge in [0.2, 0.25) is 5.88 Å². The predicted molar refractivity (Wildman–Crippen MR) is 111 cm³/mol. The first-order valence-corrected chi connectivity index (χ1v) is 9.58. The van der Waals surface area contributed by atoms with Gasteiger partial charge in [-0.1, -0.05) is 30.3 Å². The average Bonchev–Trinajstić information content (AvgIpc) is 2.77. The van der Waals surface area contributed by atoms with Crippen LogP contribution in [0.2, 0.25) is 0 Å². The maximum atomic E-state index is 12.7. The smallest absolute Gasteiger partial charge is 0.344 e. The lowest BCUT2D eigenvalue weighted by Gasteiger charge is -2.26. The van der Waals surface area contributed by atoms with Crippen molar-refractivity contribution >= 4 is 11.9 Å². The van der Waals surface area contributed by atoms with Crippen molar-refractivity contribution in [1.82, 2.24) is 14.9 Å². The molecule has 3 aromatic rings. The normalized spacial score (nSPS) is 10.5. The van der Waals surface area contributed by atoms with E-state index in [1.807, 2.05) is 44.2 Å². The topological polar surface area (TPSA) is 81.6 Å². The molecule has 1 amide bonds. The van der Waals surface area contributed by atoms with Crippen molar-refractivity contribution in [2.45, 2.75) is 26.4 Å². The maximum Gasteiger partial charge on any atom is 0.344 e. The number of aromatic nitrogens is 2. The number of nitrogens with zero attached hydrogens (tertiary/aromatic N) is 3. The molecular weight excluding hydrogens is 382 g/mol. The van der Waals surface area contributed by atoms with Gasteiger partial charge in [-0.05, 0) is 43.7 Å². The highest BCUT2D eigenvalue weighted by atomic mass is 16.5. The summed E-state index contributed by atoms with van der Waals surface area (Å²) in [6.07, 6.45) is 4.63. The van der Waals surface area contributed by atoms with E-state index in [0.717, 1.165) is 5.56 Å². The number of hydrogen-bond acceptors (Lipinski definition) is 6. The van der Waals surface area contributed by atoms with E-state index >= 15 is 0 Å². The zero-order valence-corrected chi connectivity index (χ0v) is 16.9. The first-order chi connectivity index (χ1) is 14.5. The summed E-state index contributed by atoms with van der Waals surface area (Å²) in [7, 11) is 0. The summed E-state index contributed by atoms with van der Waals surface area (Å²) in [5.41, 5.74) is 1.14. The quantitative estimate of drug-likeness (QED) is 0.529. The summed E-state index contributed by atoms with van der Waals surface area (Å²) in [4.78, 5) is 35.0. The van der Waals surface area contributed by atoms with Gasteiger partial charge in [0.1, 0.15) is 11.3 Å². The Morgan fingerprint density at radius 3 is 2.47 bits per heavy atom. The molecule has 3 rings (SSSR count). The molecule has 2 aromatic heterocycles. The monoisotopic (exact) mass is 405 g/mol. The van der Waals surface area contributed by atoms with Crippen LogP contribution in [-0.2, 0) is 16.1 Å². The van der Waals surface area contributed by atoms with Crippen molar-refractivity contribution in [3.8, 4) is 11.6 Å². The van der Waals surface area contributed by atoms with Gasteiger partial charge >= 0.3 is 5.97 Å². The van der Waals surface area contributed by atoms with E-state index < -0.39 is 5.97 Å². The molecule has 0 aliphatic carbocycles. The highest BCUT2D eigenvalue weighted by Crippen LogP contribution is 2.22. The maximum absolute atomic E-state index is 12.7. The SMILES string of the molecule is CC(C)N(Cc1ccccc1)C(=O)COC(=O)c1cccnc1Oc1cccnc1. The van der Waals surface area contributed by atoms with Crippen molar-refractivity contribution in [2.24, 2.45) is 0 Å². The Kier molecular flexibility index (Phi) is 7.10. The first kappa shape index (κ1) is 21.0. The second kappa shape index (κ2) is 10.2. The Labute approximate surface area is 175 Å². The molecular formula is C23H23N3O4. The molecule has 0 bridgehead atoms. The lowest BCUT2D eigenvalue weighted by atomic mass is 10.2. The van der Waals surface area contributed by atoms with Crippen molar-refractivity contribution in [1.29, 1.82) is 0 Å².